The average Bonchev–Trinajstić information content (AvgIpc) is 3.16. The van der Waals surface area contributed by atoms with Gasteiger partial charge in [-0.25, -0.2) is 12.8 Å². The molecule has 1 heterocycles. The Morgan fingerprint density at radius 1 is 1.12 bits per heavy atom. The summed E-state index contributed by atoms with van der Waals surface area (Å²) in [6.07, 6.45) is 1.79. The van der Waals surface area contributed by atoms with Crippen molar-refractivity contribution in [2.75, 3.05) is 13.1 Å². The topological polar surface area (TPSA) is 66.5 Å². The van der Waals surface area contributed by atoms with E-state index in [0.717, 1.165) is 18.9 Å². The predicted octanol–water partition coefficient (Wildman–Crippen LogP) is 2.78. The molecule has 2 aromatic rings. The second-order valence-electron chi connectivity index (χ2n) is 6.43. The number of sulfonamides is 1. The van der Waals surface area contributed by atoms with Crippen molar-refractivity contribution in [1.82, 2.24) is 9.62 Å². The van der Waals surface area contributed by atoms with Gasteiger partial charge in [-0.3, -0.25) is 4.79 Å². The molecule has 0 spiro atoms. The Morgan fingerprint density at radius 2 is 1.77 bits per heavy atom. The lowest BCUT2D eigenvalue weighted by Gasteiger charge is -2.24. The number of amides is 1. The highest BCUT2D eigenvalue weighted by molar-refractivity contribution is 7.89. The van der Waals surface area contributed by atoms with E-state index in [1.54, 1.807) is 42.2 Å². The summed E-state index contributed by atoms with van der Waals surface area (Å²) < 4.78 is 42.1. The van der Waals surface area contributed by atoms with Gasteiger partial charge in [0.2, 0.25) is 15.9 Å². The Kier molecular flexibility index (Phi) is 5.38. The van der Waals surface area contributed by atoms with Gasteiger partial charge in [0.15, 0.2) is 0 Å². The molecule has 0 aliphatic carbocycles. The van der Waals surface area contributed by atoms with Gasteiger partial charge in [0.05, 0.1) is 0 Å². The minimum absolute atomic E-state index is 0.315. The lowest BCUT2D eigenvalue weighted by molar-refractivity contribution is -0.132. The lowest BCUT2D eigenvalue weighted by Crippen LogP contribution is -2.42. The fourth-order valence-electron chi connectivity index (χ4n) is 3.06. The van der Waals surface area contributed by atoms with Gasteiger partial charge in [-0.1, -0.05) is 36.4 Å². The number of nitrogens with one attached hydrogen (secondary N) is 1. The Bertz CT molecular complexity index is 894. The first-order valence-electron chi connectivity index (χ1n) is 8.51. The van der Waals surface area contributed by atoms with Crippen LogP contribution in [0.1, 0.15) is 30.0 Å². The van der Waals surface area contributed by atoms with Crippen LogP contribution in [-0.4, -0.2) is 32.3 Å². The molecule has 0 bridgehead atoms. The van der Waals surface area contributed by atoms with Crippen molar-refractivity contribution < 1.29 is 17.6 Å². The molecular formula is C19H21FN2O3S. The highest BCUT2D eigenvalue weighted by atomic mass is 32.2. The van der Waals surface area contributed by atoms with Gasteiger partial charge in [-0.05, 0) is 43.0 Å². The van der Waals surface area contributed by atoms with Gasteiger partial charge in [0, 0.05) is 13.1 Å². The van der Waals surface area contributed by atoms with Gasteiger partial charge in [0.25, 0.3) is 0 Å². The summed E-state index contributed by atoms with van der Waals surface area (Å²) in [4.78, 5) is 14.1. The van der Waals surface area contributed by atoms with Crippen molar-refractivity contribution >= 4 is 15.9 Å². The molecular weight excluding hydrogens is 355 g/mol. The number of hydrogen-bond donors (Lipinski definition) is 1. The van der Waals surface area contributed by atoms with Gasteiger partial charge in [-0.2, -0.15) is 4.72 Å². The van der Waals surface area contributed by atoms with E-state index < -0.39 is 26.8 Å². The fourth-order valence-corrected chi connectivity index (χ4v) is 4.40. The first kappa shape index (κ1) is 18.5. The SMILES string of the molecule is Cc1ccc(F)c(S(=O)(=O)NC(C(=O)N2CCCC2)c2ccccc2)c1. The third-order valence-electron chi connectivity index (χ3n) is 4.45. The van der Waals surface area contributed by atoms with Crippen molar-refractivity contribution in [3.05, 3.63) is 65.5 Å². The molecule has 7 heteroatoms. The standard InChI is InChI=1S/C19H21FN2O3S/c1-14-9-10-16(20)17(13-14)26(24,25)21-18(15-7-3-2-4-8-15)19(23)22-11-5-6-12-22/h2-4,7-10,13,18,21H,5-6,11-12H2,1H3. The van der Waals surface area contributed by atoms with Crippen molar-refractivity contribution in [3.8, 4) is 0 Å². The number of rotatable bonds is 5. The number of hydrogen-bond acceptors (Lipinski definition) is 3. The highest BCUT2D eigenvalue weighted by Gasteiger charge is 2.32. The third-order valence-corrected chi connectivity index (χ3v) is 5.88. The molecule has 1 atom stereocenters. The van der Waals surface area contributed by atoms with Gasteiger partial charge in [-0.15, -0.1) is 0 Å². The van der Waals surface area contributed by atoms with E-state index in [0.29, 0.717) is 24.2 Å². The molecule has 3 rings (SSSR count). The summed E-state index contributed by atoms with van der Waals surface area (Å²) in [5, 5.41) is 0. The largest absolute Gasteiger partial charge is 0.341 e. The monoisotopic (exact) mass is 376 g/mol. The van der Waals surface area contributed by atoms with Crippen molar-refractivity contribution in [3.63, 3.8) is 0 Å². The lowest BCUT2D eigenvalue weighted by atomic mass is 10.1. The van der Waals surface area contributed by atoms with E-state index in [1.165, 1.54) is 12.1 Å². The number of likely N-dealkylation sites (tertiary alicyclic amines) is 1. The zero-order valence-corrected chi connectivity index (χ0v) is 15.3. The summed E-state index contributed by atoms with van der Waals surface area (Å²) in [6.45, 7) is 2.88. The van der Waals surface area contributed by atoms with Crippen LogP contribution in [0, 0.1) is 12.7 Å². The summed E-state index contributed by atoms with van der Waals surface area (Å²) in [5.74, 6) is -1.16. The normalized spacial score (nSPS) is 15.8. The molecule has 1 saturated heterocycles. The summed E-state index contributed by atoms with van der Waals surface area (Å²) >= 11 is 0. The first-order chi connectivity index (χ1) is 12.4. The Morgan fingerprint density at radius 3 is 2.42 bits per heavy atom. The van der Waals surface area contributed by atoms with Crippen molar-refractivity contribution in [2.45, 2.75) is 30.7 Å². The molecule has 1 fully saturated rings. The maximum atomic E-state index is 14.1. The molecule has 0 radical (unpaired) electrons. The van der Waals surface area contributed by atoms with Crippen LogP contribution < -0.4 is 4.72 Å². The van der Waals surface area contributed by atoms with Crippen molar-refractivity contribution in [1.29, 1.82) is 0 Å². The Labute approximate surface area is 152 Å². The number of nitrogens with zero attached hydrogens (tertiary/aromatic N) is 1. The van der Waals surface area contributed by atoms with Crippen LogP contribution in [0.25, 0.3) is 0 Å². The van der Waals surface area contributed by atoms with E-state index in [4.69, 9.17) is 0 Å². The van der Waals surface area contributed by atoms with Crippen LogP contribution in [0.2, 0.25) is 0 Å². The van der Waals surface area contributed by atoms with Crippen LogP contribution in [0.3, 0.4) is 0 Å². The first-order valence-corrected chi connectivity index (χ1v) is 9.99. The van der Waals surface area contributed by atoms with Gasteiger partial charge >= 0.3 is 0 Å². The second kappa shape index (κ2) is 7.55. The molecule has 2 aromatic carbocycles. The smallest absolute Gasteiger partial charge is 0.245 e. The van der Waals surface area contributed by atoms with Crippen molar-refractivity contribution in [2.24, 2.45) is 0 Å². The predicted molar refractivity (Wildman–Crippen MR) is 96.5 cm³/mol. The van der Waals surface area contributed by atoms with Gasteiger partial charge in [0.1, 0.15) is 16.8 Å². The summed E-state index contributed by atoms with van der Waals surface area (Å²) in [5.41, 5.74) is 1.15. The molecule has 1 amide bonds. The van der Waals surface area contributed by atoms with E-state index in [2.05, 4.69) is 4.72 Å². The summed E-state index contributed by atoms with van der Waals surface area (Å²) in [7, 11) is -4.21. The average molecular weight is 376 g/mol. The van der Waals surface area contributed by atoms with Crippen LogP contribution in [0.15, 0.2) is 53.4 Å². The minimum atomic E-state index is -4.21. The molecule has 1 N–H and O–H groups in total. The van der Waals surface area contributed by atoms with E-state index in [1.807, 2.05) is 0 Å². The summed E-state index contributed by atoms with van der Waals surface area (Å²) in [6, 6.07) is 11.4. The fraction of sp³-hybridized carbons (Fsp3) is 0.316. The van der Waals surface area contributed by atoms with E-state index >= 15 is 0 Å². The number of carbonyl (C=O) groups is 1. The zero-order valence-electron chi connectivity index (χ0n) is 14.5. The number of aryl methyl sites for hydroxylation is 1. The minimum Gasteiger partial charge on any atom is -0.341 e. The zero-order chi connectivity index (χ0) is 18.7. The van der Waals surface area contributed by atoms with Crippen LogP contribution in [0.5, 0.6) is 0 Å². The second-order valence-corrected chi connectivity index (χ2v) is 8.11. The molecule has 5 nitrogen and oxygen atoms in total. The maximum Gasteiger partial charge on any atom is 0.245 e. The Hall–Kier alpha value is -2.25. The van der Waals surface area contributed by atoms with E-state index in [9.17, 15) is 17.6 Å². The molecule has 1 aliphatic rings. The highest BCUT2D eigenvalue weighted by Crippen LogP contribution is 2.23. The van der Waals surface area contributed by atoms with Crippen LogP contribution in [0.4, 0.5) is 4.39 Å². The van der Waals surface area contributed by atoms with E-state index in [-0.39, 0.29) is 5.91 Å². The molecule has 0 saturated carbocycles. The Balaban J connectivity index is 1.97. The quantitative estimate of drug-likeness (QED) is 0.873. The molecule has 1 aliphatic heterocycles. The number of carbonyl (C=O) groups excluding carboxylic acids is 1. The van der Waals surface area contributed by atoms with Crippen LogP contribution in [-0.2, 0) is 14.8 Å². The molecule has 0 aromatic heterocycles. The van der Waals surface area contributed by atoms with Crippen LogP contribution >= 0.6 is 0 Å². The molecule has 138 valence electrons. The number of benzene rings is 2. The maximum absolute atomic E-state index is 14.1. The molecule has 26 heavy (non-hydrogen) atoms. The third kappa shape index (κ3) is 3.94. The molecule has 1 unspecified atom stereocenters. The van der Waals surface area contributed by atoms with Gasteiger partial charge < -0.3 is 4.90 Å². The number of halogens is 1.